The normalized spacial score (nSPS) is 15.2. The smallest absolute Gasteiger partial charge is 0.337 e. The predicted molar refractivity (Wildman–Crippen MR) is 129 cm³/mol. The third kappa shape index (κ3) is 4.93. The van der Waals surface area contributed by atoms with Gasteiger partial charge in [-0.1, -0.05) is 42.5 Å². The molecule has 0 N–H and O–H groups in total. The van der Waals surface area contributed by atoms with E-state index in [1.807, 2.05) is 24.3 Å². The minimum absolute atomic E-state index is 0.115. The minimum atomic E-state index is -3.56. The number of nitrogens with zero attached hydrogens (tertiary/aromatic N) is 1. The average molecular weight is 484 g/mol. The van der Waals surface area contributed by atoms with Crippen LogP contribution in [0, 0.1) is 0 Å². The summed E-state index contributed by atoms with van der Waals surface area (Å²) in [6, 6.07) is 21.8. The van der Waals surface area contributed by atoms with E-state index in [1.54, 1.807) is 61.3 Å². The zero-order valence-corrected chi connectivity index (χ0v) is 20.1. The van der Waals surface area contributed by atoms with Crippen molar-refractivity contribution in [2.75, 3.05) is 26.5 Å². The molecule has 0 saturated heterocycles. The molecule has 1 unspecified atom stereocenters. The maximum absolute atomic E-state index is 12.9. The molecule has 0 amide bonds. The molecule has 1 aliphatic rings. The molecule has 1 atom stereocenters. The molecule has 0 radical (unpaired) electrons. The summed E-state index contributed by atoms with van der Waals surface area (Å²) in [4.78, 5) is 12.4. The monoisotopic (exact) mass is 483 g/mol. The first-order valence-electron chi connectivity index (χ1n) is 10.5. The van der Waals surface area contributed by atoms with Crippen LogP contribution in [0.15, 0.2) is 77.7 Å². The second-order valence-corrected chi connectivity index (χ2v) is 10.9. The molecule has 3 aromatic rings. The fourth-order valence-electron chi connectivity index (χ4n) is 3.75. The lowest BCUT2D eigenvalue weighted by atomic mass is 9.98. The highest BCUT2D eigenvalue weighted by atomic mass is 32.2. The largest absolute Gasteiger partial charge is 0.489 e. The number of methoxy groups -OCH3 is 1. The van der Waals surface area contributed by atoms with Crippen LogP contribution < -0.4 is 4.74 Å². The van der Waals surface area contributed by atoms with Crippen LogP contribution in [0.4, 0.5) is 0 Å². The summed E-state index contributed by atoms with van der Waals surface area (Å²) in [7, 11) is -0.608. The van der Waals surface area contributed by atoms with Crippen LogP contribution in [0.1, 0.15) is 32.3 Å². The zero-order chi connectivity index (χ0) is 23.4. The Morgan fingerprint density at radius 3 is 2.55 bits per heavy atom. The lowest BCUT2D eigenvalue weighted by Gasteiger charge is -2.22. The van der Waals surface area contributed by atoms with Crippen molar-refractivity contribution in [1.29, 1.82) is 0 Å². The van der Waals surface area contributed by atoms with Gasteiger partial charge in [-0.05, 0) is 41.5 Å². The summed E-state index contributed by atoms with van der Waals surface area (Å²) in [6.45, 7) is 0.771. The maximum Gasteiger partial charge on any atom is 0.337 e. The number of hydrogen-bond donors (Lipinski definition) is 0. The van der Waals surface area contributed by atoms with Gasteiger partial charge in [0.25, 0.3) is 0 Å². The van der Waals surface area contributed by atoms with Gasteiger partial charge in [0, 0.05) is 24.9 Å². The van der Waals surface area contributed by atoms with E-state index in [0.29, 0.717) is 30.2 Å². The topological polar surface area (TPSA) is 72.9 Å². The molecule has 1 heterocycles. The van der Waals surface area contributed by atoms with Gasteiger partial charge in [-0.2, -0.15) is 0 Å². The number of carbonyl (C=O) groups is 1. The molecule has 0 bridgehead atoms. The Bertz CT molecular complexity index is 1240. The summed E-state index contributed by atoms with van der Waals surface area (Å²) in [5.74, 6) is 0.859. The van der Waals surface area contributed by atoms with Gasteiger partial charge < -0.3 is 9.47 Å². The highest BCUT2D eigenvalue weighted by molar-refractivity contribution is 7.99. The second-order valence-electron chi connectivity index (χ2n) is 7.62. The second kappa shape index (κ2) is 9.99. The van der Waals surface area contributed by atoms with Gasteiger partial charge in [0.1, 0.15) is 12.4 Å². The van der Waals surface area contributed by atoms with Crippen LogP contribution in [0.2, 0.25) is 0 Å². The number of thioether (sulfide) groups is 1. The lowest BCUT2D eigenvalue weighted by Crippen LogP contribution is -2.29. The van der Waals surface area contributed by atoms with Crippen LogP contribution in [0.3, 0.4) is 0 Å². The summed E-state index contributed by atoms with van der Waals surface area (Å²) < 4.78 is 38.0. The van der Waals surface area contributed by atoms with Crippen molar-refractivity contribution in [2.45, 2.75) is 16.8 Å². The average Bonchev–Trinajstić information content (AvgIpc) is 3.00. The fourth-order valence-corrected chi connectivity index (χ4v) is 6.44. The number of hydrogen-bond acceptors (Lipinski definition) is 6. The standard InChI is InChI=1S/C25H25NO5S2/c1-26(33(28,29)20-9-4-3-5-10-20)14-15-32-24-21-11-7-6-8-19(21)17-31-23-13-12-18(16-22(23)24)25(27)30-2/h3-13,16,24H,14-15,17H2,1-2H3. The third-order valence-electron chi connectivity index (χ3n) is 5.58. The van der Waals surface area contributed by atoms with Gasteiger partial charge in [0.05, 0.1) is 22.8 Å². The van der Waals surface area contributed by atoms with E-state index in [2.05, 4.69) is 6.07 Å². The maximum atomic E-state index is 12.9. The van der Waals surface area contributed by atoms with Crippen molar-refractivity contribution in [3.05, 3.63) is 95.1 Å². The van der Waals surface area contributed by atoms with Crippen LogP contribution >= 0.6 is 11.8 Å². The number of fused-ring (bicyclic) bond motifs is 2. The molecule has 6 nitrogen and oxygen atoms in total. The molecule has 33 heavy (non-hydrogen) atoms. The Balaban J connectivity index is 1.60. The first kappa shape index (κ1) is 23.4. The van der Waals surface area contributed by atoms with Gasteiger partial charge in [-0.25, -0.2) is 17.5 Å². The van der Waals surface area contributed by atoms with E-state index in [-0.39, 0.29) is 10.1 Å². The summed E-state index contributed by atoms with van der Waals surface area (Å²) in [5, 5.41) is -0.115. The molecule has 0 spiro atoms. The van der Waals surface area contributed by atoms with Crippen LogP contribution in [-0.2, 0) is 21.4 Å². The van der Waals surface area contributed by atoms with Crippen molar-refractivity contribution in [3.8, 4) is 5.75 Å². The van der Waals surface area contributed by atoms with E-state index in [4.69, 9.17) is 9.47 Å². The fraction of sp³-hybridized carbons (Fsp3) is 0.240. The first-order valence-corrected chi connectivity index (χ1v) is 13.0. The molecule has 3 aromatic carbocycles. The lowest BCUT2D eigenvalue weighted by molar-refractivity contribution is 0.0600. The van der Waals surface area contributed by atoms with Gasteiger partial charge >= 0.3 is 5.97 Å². The zero-order valence-electron chi connectivity index (χ0n) is 18.4. The summed E-state index contributed by atoms with van der Waals surface area (Å²) in [6.07, 6.45) is 0. The molecule has 8 heteroatoms. The highest BCUT2D eigenvalue weighted by Gasteiger charge is 2.27. The predicted octanol–water partition coefficient (Wildman–Crippen LogP) is 4.51. The Morgan fingerprint density at radius 2 is 1.79 bits per heavy atom. The molecule has 0 aromatic heterocycles. The van der Waals surface area contributed by atoms with Gasteiger partial charge in [0.2, 0.25) is 10.0 Å². The number of carbonyl (C=O) groups excluding carboxylic acids is 1. The molecule has 0 fully saturated rings. The SMILES string of the molecule is COC(=O)c1ccc2c(c1)C(SCCN(C)S(=O)(=O)c1ccccc1)c1ccccc1CO2. The van der Waals surface area contributed by atoms with Crippen molar-refractivity contribution < 1.29 is 22.7 Å². The summed E-state index contributed by atoms with van der Waals surface area (Å²) in [5.41, 5.74) is 3.49. The van der Waals surface area contributed by atoms with Gasteiger partial charge in [-0.3, -0.25) is 0 Å². The number of rotatable bonds is 7. The van der Waals surface area contributed by atoms with Crippen LogP contribution in [0.25, 0.3) is 0 Å². The minimum Gasteiger partial charge on any atom is -0.489 e. The number of benzene rings is 3. The molecule has 1 aliphatic heterocycles. The third-order valence-corrected chi connectivity index (χ3v) is 8.71. The Hall–Kier alpha value is -2.81. The number of esters is 1. The van der Waals surface area contributed by atoms with Crippen molar-refractivity contribution in [1.82, 2.24) is 4.31 Å². The quantitative estimate of drug-likeness (QED) is 0.461. The molecule has 0 aliphatic carbocycles. The highest BCUT2D eigenvalue weighted by Crippen LogP contribution is 2.44. The van der Waals surface area contributed by atoms with Crippen molar-refractivity contribution >= 4 is 27.8 Å². The Labute approximate surface area is 198 Å². The molecule has 4 rings (SSSR count). The Morgan fingerprint density at radius 1 is 1.06 bits per heavy atom. The van der Waals surface area contributed by atoms with Gasteiger partial charge in [-0.15, -0.1) is 11.8 Å². The van der Waals surface area contributed by atoms with E-state index < -0.39 is 16.0 Å². The van der Waals surface area contributed by atoms with Crippen molar-refractivity contribution in [2.24, 2.45) is 0 Å². The van der Waals surface area contributed by atoms with E-state index in [1.165, 1.54) is 11.4 Å². The Kier molecular flexibility index (Phi) is 7.07. The number of sulfonamides is 1. The first-order chi connectivity index (χ1) is 15.9. The van der Waals surface area contributed by atoms with E-state index in [0.717, 1.165) is 16.7 Å². The van der Waals surface area contributed by atoms with Gasteiger partial charge in [0.15, 0.2) is 0 Å². The van der Waals surface area contributed by atoms with Crippen molar-refractivity contribution in [3.63, 3.8) is 0 Å². The van der Waals surface area contributed by atoms with E-state index in [9.17, 15) is 13.2 Å². The molecule has 172 valence electrons. The van der Waals surface area contributed by atoms with Crippen LogP contribution in [0.5, 0.6) is 5.75 Å². The molecular formula is C25H25NO5S2. The van der Waals surface area contributed by atoms with E-state index >= 15 is 0 Å². The summed E-state index contributed by atoms with van der Waals surface area (Å²) >= 11 is 1.63. The number of ether oxygens (including phenoxy) is 2. The molecule has 0 saturated carbocycles. The van der Waals surface area contributed by atoms with Crippen LogP contribution in [-0.4, -0.2) is 45.1 Å². The molecular weight excluding hydrogens is 458 g/mol.